The quantitative estimate of drug-likeness (QED) is 0.689. The Kier molecular flexibility index (Phi) is 5.04. The van der Waals surface area contributed by atoms with Crippen molar-refractivity contribution in [2.24, 2.45) is 0 Å². The van der Waals surface area contributed by atoms with E-state index in [4.69, 9.17) is 9.47 Å². The maximum absolute atomic E-state index is 12.4. The van der Waals surface area contributed by atoms with E-state index < -0.39 is 0 Å². The summed E-state index contributed by atoms with van der Waals surface area (Å²) in [6.07, 6.45) is 2.40. The number of carbonyl (C=O) groups excluding carboxylic acids is 1. The molecule has 0 fully saturated rings. The molecule has 3 heterocycles. The summed E-state index contributed by atoms with van der Waals surface area (Å²) in [6.45, 7) is 4.70. The van der Waals surface area contributed by atoms with Gasteiger partial charge in [-0.15, -0.1) is 11.3 Å². The standard InChI is InChI=1S/C20H21N3O4S/c1-3-26-16-7-13-6-12(2)27-17(13)8-14(16)9-21-18(24)10-23-11-22-15-4-5-28-19(15)20(23)25/h4-5,7-8,11-12H,3,6,9-10H2,1-2H3,(H,21,24)/t12-/m0/s1. The minimum Gasteiger partial charge on any atom is -0.494 e. The molecule has 3 aromatic rings. The first kappa shape index (κ1) is 18.5. The molecule has 4 rings (SSSR count). The summed E-state index contributed by atoms with van der Waals surface area (Å²) in [7, 11) is 0. The normalized spacial score (nSPS) is 15.3. The zero-order chi connectivity index (χ0) is 19.7. The average Bonchev–Trinajstić information content (AvgIpc) is 3.28. The molecule has 2 aromatic heterocycles. The highest BCUT2D eigenvalue weighted by Gasteiger charge is 2.22. The van der Waals surface area contributed by atoms with Gasteiger partial charge in [0.15, 0.2) is 0 Å². The van der Waals surface area contributed by atoms with E-state index in [2.05, 4.69) is 10.3 Å². The number of nitrogens with one attached hydrogen (secondary N) is 1. The van der Waals surface area contributed by atoms with Gasteiger partial charge in [0, 0.05) is 24.1 Å². The number of carbonyl (C=O) groups is 1. The second kappa shape index (κ2) is 7.63. The highest BCUT2D eigenvalue weighted by atomic mass is 32.1. The molecule has 0 radical (unpaired) electrons. The van der Waals surface area contributed by atoms with Crippen LogP contribution in [0.2, 0.25) is 0 Å². The van der Waals surface area contributed by atoms with Crippen LogP contribution in [-0.2, 0) is 24.3 Å². The number of benzene rings is 1. The van der Waals surface area contributed by atoms with Crippen molar-refractivity contribution in [3.05, 3.63) is 51.4 Å². The lowest BCUT2D eigenvalue weighted by Gasteiger charge is -2.13. The van der Waals surface area contributed by atoms with Crippen LogP contribution in [0.3, 0.4) is 0 Å². The number of hydrogen-bond donors (Lipinski definition) is 1. The highest BCUT2D eigenvalue weighted by molar-refractivity contribution is 7.17. The number of rotatable bonds is 6. The lowest BCUT2D eigenvalue weighted by atomic mass is 10.1. The minimum atomic E-state index is -0.267. The minimum absolute atomic E-state index is 0.0812. The van der Waals surface area contributed by atoms with E-state index in [1.54, 1.807) is 6.07 Å². The molecule has 1 N–H and O–H groups in total. The third-order valence-corrected chi connectivity index (χ3v) is 5.50. The first-order chi connectivity index (χ1) is 13.5. The molecule has 0 bridgehead atoms. The number of aromatic nitrogens is 2. The molecule has 0 saturated carbocycles. The molecule has 1 aromatic carbocycles. The Hall–Kier alpha value is -2.87. The molecule has 146 valence electrons. The van der Waals surface area contributed by atoms with Crippen molar-refractivity contribution >= 4 is 27.5 Å². The summed E-state index contributed by atoms with van der Waals surface area (Å²) in [6, 6.07) is 5.70. The molecule has 0 spiro atoms. The zero-order valence-corrected chi connectivity index (χ0v) is 16.5. The fraction of sp³-hybridized carbons (Fsp3) is 0.350. The van der Waals surface area contributed by atoms with Crippen LogP contribution in [0.15, 0.2) is 34.7 Å². The molecular weight excluding hydrogens is 378 g/mol. The van der Waals surface area contributed by atoms with E-state index in [9.17, 15) is 9.59 Å². The Labute approximate surface area is 165 Å². The molecule has 1 amide bonds. The molecule has 1 aliphatic rings. The summed E-state index contributed by atoms with van der Waals surface area (Å²) in [5.41, 5.74) is 2.42. The topological polar surface area (TPSA) is 82.5 Å². The van der Waals surface area contributed by atoms with Crippen LogP contribution < -0.4 is 20.3 Å². The van der Waals surface area contributed by atoms with Gasteiger partial charge in [0.05, 0.1) is 18.5 Å². The maximum Gasteiger partial charge on any atom is 0.271 e. The van der Waals surface area contributed by atoms with E-state index in [-0.39, 0.29) is 24.1 Å². The molecule has 0 unspecified atom stereocenters. The van der Waals surface area contributed by atoms with Crippen LogP contribution in [0.5, 0.6) is 11.5 Å². The summed E-state index contributed by atoms with van der Waals surface area (Å²) < 4.78 is 13.4. The predicted octanol–water partition coefficient (Wildman–Crippen LogP) is 2.50. The summed E-state index contributed by atoms with van der Waals surface area (Å²) in [5, 5.41) is 4.67. The second-order valence-corrected chi connectivity index (χ2v) is 7.64. The zero-order valence-electron chi connectivity index (χ0n) is 15.7. The van der Waals surface area contributed by atoms with Gasteiger partial charge in [-0.2, -0.15) is 0 Å². The summed E-state index contributed by atoms with van der Waals surface area (Å²) in [5.74, 6) is 1.32. The smallest absolute Gasteiger partial charge is 0.271 e. The summed E-state index contributed by atoms with van der Waals surface area (Å²) >= 11 is 1.33. The van der Waals surface area contributed by atoms with Crippen LogP contribution in [0.4, 0.5) is 0 Å². The third-order valence-electron chi connectivity index (χ3n) is 4.60. The maximum atomic E-state index is 12.4. The molecule has 0 saturated heterocycles. The van der Waals surface area contributed by atoms with Gasteiger partial charge in [-0.1, -0.05) is 0 Å². The Bertz CT molecular complexity index is 1090. The molecule has 1 aliphatic heterocycles. The van der Waals surface area contributed by atoms with Crippen molar-refractivity contribution in [3.8, 4) is 11.5 Å². The first-order valence-electron chi connectivity index (χ1n) is 9.19. The van der Waals surface area contributed by atoms with Gasteiger partial charge < -0.3 is 14.8 Å². The number of ether oxygens (including phenoxy) is 2. The van der Waals surface area contributed by atoms with Crippen molar-refractivity contribution in [1.82, 2.24) is 14.9 Å². The Morgan fingerprint density at radius 2 is 2.32 bits per heavy atom. The van der Waals surface area contributed by atoms with Gasteiger partial charge in [0.25, 0.3) is 5.56 Å². The SMILES string of the molecule is CCOc1cc2c(cc1CNC(=O)Cn1cnc3ccsc3c1=O)O[C@@H](C)C2. The van der Waals surface area contributed by atoms with Crippen molar-refractivity contribution in [2.45, 2.75) is 39.5 Å². The Morgan fingerprint density at radius 3 is 3.14 bits per heavy atom. The molecule has 28 heavy (non-hydrogen) atoms. The molecule has 7 nitrogen and oxygen atoms in total. The van der Waals surface area contributed by atoms with Gasteiger partial charge in [0.1, 0.15) is 28.8 Å². The lowest BCUT2D eigenvalue weighted by Crippen LogP contribution is -2.32. The average molecular weight is 399 g/mol. The van der Waals surface area contributed by atoms with E-state index in [1.807, 2.05) is 31.4 Å². The van der Waals surface area contributed by atoms with E-state index in [1.165, 1.54) is 22.2 Å². The van der Waals surface area contributed by atoms with E-state index in [0.29, 0.717) is 23.4 Å². The van der Waals surface area contributed by atoms with Gasteiger partial charge in [-0.05, 0) is 37.4 Å². The Balaban J connectivity index is 1.47. The van der Waals surface area contributed by atoms with Gasteiger partial charge in [-0.3, -0.25) is 14.2 Å². The molecular formula is C20H21N3O4S. The van der Waals surface area contributed by atoms with Gasteiger partial charge >= 0.3 is 0 Å². The molecule has 8 heteroatoms. The van der Waals surface area contributed by atoms with Crippen molar-refractivity contribution in [2.75, 3.05) is 6.61 Å². The number of nitrogens with zero attached hydrogens (tertiary/aromatic N) is 2. The number of hydrogen-bond acceptors (Lipinski definition) is 6. The highest BCUT2D eigenvalue weighted by Crippen LogP contribution is 2.35. The fourth-order valence-electron chi connectivity index (χ4n) is 3.31. The fourth-order valence-corrected chi connectivity index (χ4v) is 4.10. The lowest BCUT2D eigenvalue weighted by molar-refractivity contribution is -0.121. The largest absolute Gasteiger partial charge is 0.494 e. The second-order valence-electron chi connectivity index (χ2n) is 6.72. The van der Waals surface area contributed by atoms with E-state index in [0.717, 1.165) is 29.0 Å². The van der Waals surface area contributed by atoms with Crippen LogP contribution in [0.1, 0.15) is 25.0 Å². The molecule has 0 aliphatic carbocycles. The Morgan fingerprint density at radius 1 is 1.46 bits per heavy atom. The van der Waals surface area contributed by atoms with E-state index >= 15 is 0 Å². The first-order valence-corrected chi connectivity index (χ1v) is 10.1. The van der Waals surface area contributed by atoms with Gasteiger partial charge in [-0.25, -0.2) is 4.98 Å². The third kappa shape index (κ3) is 3.60. The number of thiophene rings is 1. The van der Waals surface area contributed by atoms with Crippen molar-refractivity contribution in [3.63, 3.8) is 0 Å². The summed E-state index contributed by atoms with van der Waals surface area (Å²) in [4.78, 5) is 29.0. The van der Waals surface area contributed by atoms with Crippen molar-refractivity contribution < 1.29 is 14.3 Å². The predicted molar refractivity (Wildman–Crippen MR) is 107 cm³/mol. The van der Waals surface area contributed by atoms with Crippen LogP contribution in [0, 0.1) is 0 Å². The van der Waals surface area contributed by atoms with Crippen LogP contribution >= 0.6 is 11.3 Å². The number of amides is 1. The molecule has 1 atom stereocenters. The van der Waals surface area contributed by atoms with Crippen LogP contribution in [-0.4, -0.2) is 28.2 Å². The van der Waals surface area contributed by atoms with Gasteiger partial charge in [0.2, 0.25) is 5.91 Å². The monoisotopic (exact) mass is 399 g/mol. The van der Waals surface area contributed by atoms with Crippen LogP contribution in [0.25, 0.3) is 10.2 Å². The number of fused-ring (bicyclic) bond motifs is 2. The van der Waals surface area contributed by atoms with Crippen molar-refractivity contribution in [1.29, 1.82) is 0 Å².